The molecule has 25 nitrogen and oxygen atoms in total. The van der Waals surface area contributed by atoms with Crippen LogP contribution < -0.4 is 47.4 Å². The average molecular weight is 2880 g/mol. The van der Waals surface area contributed by atoms with Crippen LogP contribution in [-0.2, 0) is 50.6 Å². The first-order valence-corrected chi connectivity index (χ1v) is 48.2. The van der Waals surface area contributed by atoms with Crippen molar-refractivity contribution in [2.75, 3.05) is 42.0 Å². The first-order chi connectivity index (χ1) is 51.2. The van der Waals surface area contributed by atoms with E-state index in [1.807, 2.05) is 247 Å². The second-order valence-corrected chi connectivity index (χ2v) is 41.5. The van der Waals surface area contributed by atoms with Gasteiger partial charge in [-0.15, -0.1) is 0 Å². The van der Waals surface area contributed by atoms with E-state index in [4.69, 9.17) is 33.2 Å². The van der Waals surface area contributed by atoms with E-state index < -0.39 is 146 Å². The second kappa shape index (κ2) is 46.9. The maximum Gasteiger partial charge on any atom is 0.426 e. The van der Waals surface area contributed by atoms with E-state index in [1.54, 1.807) is 20.8 Å². The van der Waals surface area contributed by atoms with Gasteiger partial charge in [0.1, 0.15) is 64.0 Å². The quantitative estimate of drug-likeness (QED) is 0.0135. The number of hydrogen-bond acceptors (Lipinski definition) is 25. The summed E-state index contributed by atoms with van der Waals surface area (Å²) in [5, 5.41) is 0. The van der Waals surface area contributed by atoms with Crippen molar-refractivity contribution < 1.29 is 178 Å². The monoisotopic (exact) mass is 2880 g/mol. The highest BCUT2D eigenvalue weighted by Gasteiger charge is 2.47. The van der Waals surface area contributed by atoms with Gasteiger partial charge >= 0.3 is 30.9 Å². The van der Waals surface area contributed by atoms with Gasteiger partial charge in [-0.1, -0.05) is 19.2 Å². The van der Waals surface area contributed by atoms with Crippen LogP contribution in [0.15, 0.2) is 86.2 Å². The summed E-state index contributed by atoms with van der Waals surface area (Å²) < 4.78 is 407. The lowest BCUT2D eigenvalue weighted by Crippen LogP contribution is -2.40. The molecule has 0 aliphatic carbocycles. The maximum atomic E-state index is 12.9. The summed E-state index contributed by atoms with van der Waals surface area (Å²) in [5.74, 6) is -7.18. The van der Waals surface area contributed by atoms with Crippen molar-refractivity contribution in [1.82, 2.24) is 0 Å². The normalized spacial score (nSPS) is 13.8. The Hall–Kier alpha value is -0.620. The number of ether oxygens (including phenoxy) is 10. The molecule has 5 atom stereocenters. The zero-order valence-corrected chi connectivity index (χ0v) is 83.1. The highest BCUT2D eigenvalue weighted by molar-refractivity contribution is 14.1. The van der Waals surface area contributed by atoms with Gasteiger partial charge in [0.25, 0.3) is 0 Å². The first kappa shape index (κ1) is 111. The molecule has 55 heteroatoms. The molecule has 0 radical (unpaired) electrons. The molecule has 0 aromatic heterocycles. The predicted octanol–water partition coefficient (Wildman–Crippen LogP) is 17.2. The summed E-state index contributed by atoms with van der Waals surface area (Å²) in [6.45, 7) is 18.3. The van der Waals surface area contributed by atoms with Gasteiger partial charge in [0.05, 0.1) is 134 Å². The van der Waals surface area contributed by atoms with Crippen LogP contribution in [0, 0.1) is 35.7 Å². The van der Waals surface area contributed by atoms with Crippen LogP contribution in [0.1, 0.15) is 41.5 Å². The van der Waals surface area contributed by atoms with Crippen LogP contribution in [0.3, 0.4) is 0 Å². The van der Waals surface area contributed by atoms with Crippen molar-refractivity contribution in [3.05, 3.63) is 122 Å². The van der Waals surface area contributed by atoms with Gasteiger partial charge in [0.15, 0.2) is 5.75 Å². The lowest BCUT2D eigenvalue weighted by molar-refractivity contribution is -0.188. The second-order valence-electron chi connectivity index (χ2n) is 22.6. The zero-order chi connectivity index (χ0) is 89.0. The van der Waals surface area contributed by atoms with Crippen LogP contribution in [0.5, 0.6) is 57.5 Å². The molecule has 0 aliphatic heterocycles. The molecule has 0 fully saturated rings. The number of halogens is 25. The van der Waals surface area contributed by atoms with E-state index in [2.05, 4.69) is 27.4 Å². The molecule has 0 saturated carbocycles. The Morgan fingerprint density at radius 2 is 0.553 bits per heavy atom. The third-order valence-corrected chi connectivity index (χ3v) is 23.0. The van der Waals surface area contributed by atoms with Crippen molar-refractivity contribution in [3.63, 3.8) is 0 Å². The van der Waals surface area contributed by atoms with Crippen LogP contribution in [0.4, 0.5) is 65.9 Å². The summed E-state index contributed by atoms with van der Waals surface area (Å²) in [6.07, 6.45) is -36.1. The summed E-state index contributed by atoms with van der Waals surface area (Å²) in [7, 11) is -25.5. The van der Waals surface area contributed by atoms with Gasteiger partial charge in [-0.3, -0.25) is 0 Å². The molecule has 650 valence electrons. The molecule has 5 unspecified atom stereocenters. The Labute approximate surface area is 779 Å². The predicted molar refractivity (Wildman–Crippen MR) is 458 cm³/mol. The van der Waals surface area contributed by atoms with Gasteiger partial charge in [0, 0.05) is 0 Å². The molecule has 5 aromatic carbocycles. The fourth-order valence-corrected chi connectivity index (χ4v) is 20.3. The van der Waals surface area contributed by atoms with E-state index in [0.29, 0.717) is 71.1 Å². The van der Waals surface area contributed by atoms with E-state index in [0.717, 1.165) is 6.26 Å². The minimum Gasteiger partial charge on any atom is -0.748 e. The summed E-state index contributed by atoms with van der Waals surface area (Å²) in [6, 6.07) is 12.7. The lowest BCUT2D eigenvalue weighted by Gasteiger charge is -2.25. The zero-order valence-electron chi connectivity index (χ0n) is 57.5. The largest absolute Gasteiger partial charge is 0.748 e. The molecule has 5 rings (SSSR count). The van der Waals surface area contributed by atoms with E-state index in [9.17, 15) is 131 Å². The van der Waals surface area contributed by atoms with Crippen LogP contribution in [0.2, 0.25) is 0 Å². The average Bonchev–Trinajstić information content (AvgIpc) is 0.833. The lowest BCUT2D eigenvalue weighted by atomic mass is 10.2. The Morgan fingerprint density at radius 3 is 0.728 bits per heavy atom. The van der Waals surface area contributed by atoms with E-state index in [1.165, 1.54) is 66.7 Å². The molecule has 0 N–H and O–H groups in total. The van der Waals surface area contributed by atoms with E-state index >= 15 is 0 Å². The first-order valence-electron chi connectivity index (χ1n) is 29.5. The minimum absolute atomic E-state index is 0.127. The molecule has 0 spiro atoms. The maximum absolute atomic E-state index is 12.9. The number of hydrogen-bond donors (Lipinski definition) is 0. The van der Waals surface area contributed by atoms with Gasteiger partial charge in [-0.2, -0.15) is 65.9 Å². The molecular formula is C59H54F15I10O25S5-5. The third-order valence-electron chi connectivity index (χ3n) is 11.5. The van der Waals surface area contributed by atoms with Gasteiger partial charge < -0.3 is 70.1 Å². The standard InChI is InChI=1S/C13H15F3I2O5S.C12H13F3I2O5S.C12H11F3I2O5S.C11H11F3I2O5S.C11H9F3I2O5S/c1-12(2,3)23-11-8(17)4-7(5-9(11)18)22-10(13(14,15)16)6-24(19,20)21;1-6(2)21-11-8(16)3-7(4-9(11)17)22-10(12(13,14)15)5-23(18,19)20;1-2-3-21-11-8(16)4-7(5-9(11)17)22-10(12(13,14)15)6-23(18,19)20;2*1-2-20-10-7(15)3-6(4-8(10)16)21-9(11(12,13)14)5-22(17,18)19/h4-5,10H,6H2,1-3H3,(H,19,20,21);3-4,6,10H,5H2,1-2H3,(H,18,19,20);2,4-5,10H,1,3,6H2,(H,18,19,20);3-4,9H,2,5H2,1H3,(H,17,18,19);2-4,9H,1,5H2,(H,17,18,19)/p-5. The van der Waals surface area contributed by atoms with Crippen LogP contribution in [0.25, 0.3) is 0 Å². The Morgan fingerprint density at radius 1 is 0.351 bits per heavy atom. The summed E-state index contributed by atoms with van der Waals surface area (Å²) in [5.41, 5.74) is -0.507. The fraction of sp³-hybridized carbons (Fsp3) is 0.424. The highest BCUT2D eigenvalue weighted by Crippen LogP contribution is 2.41. The van der Waals surface area contributed by atoms with Gasteiger partial charge in [0.2, 0.25) is 30.5 Å². The van der Waals surface area contributed by atoms with Crippen molar-refractivity contribution in [2.45, 2.75) is 115 Å². The minimum atomic E-state index is -5.10. The third kappa shape index (κ3) is 45.1. The van der Waals surface area contributed by atoms with Gasteiger partial charge in [-0.05, 0) is 328 Å². The topological polar surface area (TPSA) is 378 Å². The number of alkyl halides is 15. The molecule has 5 aromatic rings. The van der Waals surface area contributed by atoms with Crippen molar-refractivity contribution in [3.8, 4) is 57.5 Å². The molecule has 0 saturated heterocycles. The summed E-state index contributed by atoms with van der Waals surface area (Å²) in [4.78, 5) is 0. The van der Waals surface area contributed by atoms with E-state index in [-0.39, 0.29) is 41.5 Å². The smallest absolute Gasteiger partial charge is 0.426 e. The molecule has 0 amide bonds. The van der Waals surface area contributed by atoms with Crippen LogP contribution >= 0.6 is 226 Å². The van der Waals surface area contributed by atoms with Crippen molar-refractivity contribution in [1.29, 1.82) is 0 Å². The van der Waals surface area contributed by atoms with Crippen molar-refractivity contribution in [2.24, 2.45) is 0 Å². The molecule has 0 bridgehead atoms. The molecule has 114 heavy (non-hydrogen) atoms. The fourth-order valence-electron chi connectivity index (χ4n) is 7.26. The van der Waals surface area contributed by atoms with Crippen molar-refractivity contribution >= 4 is 276 Å². The Bertz CT molecular complexity index is 4560. The Balaban J connectivity index is 0.000000713. The molecule has 0 aliphatic rings. The molecular weight excluding hydrogens is 2820 g/mol. The van der Waals surface area contributed by atoms with Crippen LogP contribution in [-0.4, -0.2) is 180 Å². The SMILES string of the molecule is C=CCOc1c(I)cc(OC(CS(=O)(=O)[O-])C(F)(F)F)cc1I.C=COc1c(I)cc(OC(CS(=O)(=O)[O-])C(F)(F)F)cc1I.CC(C)(C)Oc1c(I)cc(OC(CS(=O)(=O)[O-])C(F)(F)F)cc1I.CC(C)Oc1c(I)cc(OC(CS(=O)(=O)[O-])C(F)(F)F)cc1I.CCOc1c(I)cc(OC(CS(=O)(=O)[O-])C(F)(F)F)cc1I. The highest BCUT2D eigenvalue weighted by atomic mass is 127. The summed E-state index contributed by atoms with van der Waals surface area (Å²) >= 11 is 18.5. The number of benzene rings is 5. The van der Waals surface area contributed by atoms with Gasteiger partial charge in [-0.25, -0.2) is 42.1 Å². The molecule has 0 heterocycles. The number of rotatable bonds is 30. The Kier molecular flexibility index (Phi) is 45.8.